The van der Waals surface area contributed by atoms with E-state index >= 15 is 0 Å². The molecule has 1 aromatic heterocycles. The number of ether oxygens (including phenoxy) is 1. The summed E-state index contributed by atoms with van der Waals surface area (Å²) in [6, 6.07) is 7.19. The van der Waals surface area contributed by atoms with E-state index in [1.165, 1.54) is 0 Å². The first-order valence-electron chi connectivity index (χ1n) is 6.15. The van der Waals surface area contributed by atoms with Gasteiger partial charge in [0.1, 0.15) is 6.61 Å². The van der Waals surface area contributed by atoms with Gasteiger partial charge >= 0.3 is 6.18 Å². The van der Waals surface area contributed by atoms with Crippen LogP contribution in [0.2, 0.25) is 0 Å². The Kier molecular flexibility index (Phi) is 4.57. The Morgan fingerprint density at radius 2 is 2.10 bits per heavy atom. The summed E-state index contributed by atoms with van der Waals surface area (Å²) in [5.41, 5.74) is 0.898. The fourth-order valence-corrected chi connectivity index (χ4v) is 2.07. The Bertz CT molecular complexity index is 566. The molecule has 0 aliphatic heterocycles. The maximum absolute atomic E-state index is 12.1. The van der Waals surface area contributed by atoms with Crippen LogP contribution in [0.4, 0.5) is 13.2 Å². The summed E-state index contributed by atoms with van der Waals surface area (Å²) in [4.78, 5) is 4.03. The predicted molar refractivity (Wildman–Crippen MR) is 70.4 cm³/mol. The zero-order valence-electron chi connectivity index (χ0n) is 10.9. The molecule has 0 bridgehead atoms. The van der Waals surface area contributed by atoms with Gasteiger partial charge in [-0.3, -0.25) is 4.98 Å². The number of nitrogens with one attached hydrogen (secondary N) is 1. The van der Waals surface area contributed by atoms with Gasteiger partial charge in [0.25, 0.3) is 0 Å². The van der Waals surface area contributed by atoms with Crippen LogP contribution in [0.25, 0.3) is 10.8 Å². The summed E-state index contributed by atoms with van der Waals surface area (Å²) in [7, 11) is 1.70. The lowest BCUT2D eigenvalue weighted by Crippen LogP contribution is -2.25. The standard InChI is InChI=1S/C14H15F3N2O/c1-18-13(8-20-9-14(15,16)17)12-4-2-3-10-7-19-6-5-11(10)12/h2-7,13,18H,8-9H2,1H3. The molecule has 0 aliphatic rings. The second-order valence-electron chi connectivity index (χ2n) is 4.42. The van der Waals surface area contributed by atoms with Gasteiger partial charge in [-0.15, -0.1) is 0 Å². The molecular weight excluding hydrogens is 269 g/mol. The van der Waals surface area contributed by atoms with Gasteiger partial charge in [0.2, 0.25) is 0 Å². The van der Waals surface area contributed by atoms with Crippen LogP contribution in [-0.4, -0.2) is 31.4 Å². The molecule has 0 saturated heterocycles. The van der Waals surface area contributed by atoms with Crippen LogP contribution in [0.5, 0.6) is 0 Å². The van der Waals surface area contributed by atoms with Crippen LogP contribution in [-0.2, 0) is 4.74 Å². The third-order valence-corrected chi connectivity index (χ3v) is 2.99. The van der Waals surface area contributed by atoms with Crippen molar-refractivity contribution >= 4 is 10.8 Å². The molecule has 0 spiro atoms. The maximum Gasteiger partial charge on any atom is 0.411 e. The van der Waals surface area contributed by atoms with Crippen molar-refractivity contribution in [2.45, 2.75) is 12.2 Å². The molecule has 2 aromatic rings. The quantitative estimate of drug-likeness (QED) is 0.916. The summed E-state index contributed by atoms with van der Waals surface area (Å²) in [5.74, 6) is 0. The lowest BCUT2D eigenvalue weighted by atomic mass is 10.0. The second-order valence-corrected chi connectivity index (χ2v) is 4.42. The Hall–Kier alpha value is -1.66. The molecule has 20 heavy (non-hydrogen) atoms. The van der Waals surface area contributed by atoms with Gasteiger partial charge in [0.15, 0.2) is 0 Å². The van der Waals surface area contributed by atoms with Crippen LogP contribution >= 0.6 is 0 Å². The maximum atomic E-state index is 12.1. The fraction of sp³-hybridized carbons (Fsp3) is 0.357. The molecule has 1 aromatic carbocycles. The van der Waals surface area contributed by atoms with Gasteiger partial charge in [-0.2, -0.15) is 13.2 Å². The van der Waals surface area contributed by atoms with Crippen LogP contribution in [0.3, 0.4) is 0 Å². The summed E-state index contributed by atoms with van der Waals surface area (Å²) in [6.07, 6.45) is -0.918. The van der Waals surface area contributed by atoms with Crippen molar-refractivity contribution in [3.63, 3.8) is 0 Å². The number of hydrogen-bond donors (Lipinski definition) is 1. The van der Waals surface area contributed by atoms with E-state index < -0.39 is 12.8 Å². The summed E-state index contributed by atoms with van der Waals surface area (Å²) >= 11 is 0. The van der Waals surface area contributed by atoms with E-state index in [0.29, 0.717) is 0 Å². The van der Waals surface area contributed by atoms with E-state index in [-0.39, 0.29) is 12.6 Å². The highest BCUT2D eigenvalue weighted by atomic mass is 19.4. The zero-order valence-corrected chi connectivity index (χ0v) is 10.9. The number of likely N-dealkylation sites (N-methyl/N-ethyl adjacent to an activating group) is 1. The number of halogens is 3. The molecule has 6 heteroatoms. The molecule has 2 rings (SSSR count). The van der Waals surface area contributed by atoms with Crippen molar-refractivity contribution in [3.05, 3.63) is 42.2 Å². The summed E-state index contributed by atoms with van der Waals surface area (Å²) in [6.45, 7) is -1.28. The third-order valence-electron chi connectivity index (χ3n) is 2.99. The Balaban J connectivity index is 2.17. The number of alkyl halides is 3. The molecule has 0 aliphatic carbocycles. The normalized spacial score (nSPS) is 13.6. The molecule has 1 atom stereocenters. The SMILES string of the molecule is CNC(COCC(F)(F)F)c1cccc2cnccc12. The van der Waals surface area contributed by atoms with Gasteiger partial charge < -0.3 is 10.1 Å². The lowest BCUT2D eigenvalue weighted by Gasteiger charge is -2.19. The summed E-state index contributed by atoms with van der Waals surface area (Å²) in [5, 5.41) is 4.89. The smallest absolute Gasteiger partial charge is 0.370 e. The molecular formula is C14H15F3N2O. The van der Waals surface area contributed by atoms with Crippen molar-refractivity contribution in [1.82, 2.24) is 10.3 Å². The topological polar surface area (TPSA) is 34.1 Å². The average Bonchev–Trinajstić information content (AvgIpc) is 2.42. The number of benzene rings is 1. The van der Waals surface area contributed by atoms with E-state index in [2.05, 4.69) is 10.3 Å². The van der Waals surface area contributed by atoms with Gasteiger partial charge in [-0.1, -0.05) is 18.2 Å². The number of pyridine rings is 1. The first-order chi connectivity index (χ1) is 9.51. The van der Waals surface area contributed by atoms with Crippen LogP contribution < -0.4 is 5.32 Å². The minimum absolute atomic E-state index is 0.0442. The number of rotatable bonds is 5. The van der Waals surface area contributed by atoms with Gasteiger partial charge in [-0.25, -0.2) is 0 Å². The third kappa shape index (κ3) is 3.68. The number of aromatic nitrogens is 1. The van der Waals surface area contributed by atoms with Crippen molar-refractivity contribution < 1.29 is 17.9 Å². The van der Waals surface area contributed by atoms with Crippen molar-refractivity contribution in [1.29, 1.82) is 0 Å². The fourth-order valence-electron chi connectivity index (χ4n) is 2.07. The largest absolute Gasteiger partial charge is 0.411 e. The number of hydrogen-bond acceptors (Lipinski definition) is 3. The highest BCUT2D eigenvalue weighted by molar-refractivity contribution is 5.85. The molecule has 0 saturated carbocycles. The summed E-state index contributed by atoms with van der Waals surface area (Å²) < 4.78 is 41.1. The van der Waals surface area contributed by atoms with Crippen molar-refractivity contribution in [3.8, 4) is 0 Å². The number of fused-ring (bicyclic) bond motifs is 1. The molecule has 3 nitrogen and oxygen atoms in total. The van der Waals surface area contributed by atoms with Crippen molar-refractivity contribution in [2.24, 2.45) is 0 Å². The molecule has 1 N–H and O–H groups in total. The Labute approximate surface area is 114 Å². The minimum atomic E-state index is -4.30. The van der Waals surface area contributed by atoms with Crippen LogP contribution in [0, 0.1) is 0 Å². The van der Waals surface area contributed by atoms with E-state index in [1.54, 1.807) is 19.4 Å². The zero-order chi connectivity index (χ0) is 14.6. The van der Waals surface area contributed by atoms with E-state index in [4.69, 9.17) is 4.74 Å². The molecule has 1 heterocycles. The lowest BCUT2D eigenvalue weighted by molar-refractivity contribution is -0.175. The van der Waals surface area contributed by atoms with E-state index in [1.807, 2.05) is 24.3 Å². The molecule has 0 radical (unpaired) electrons. The van der Waals surface area contributed by atoms with Gasteiger partial charge in [0.05, 0.1) is 12.6 Å². The Morgan fingerprint density at radius 3 is 2.80 bits per heavy atom. The first-order valence-corrected chi connectivity index (χ1v) is 6.15. The Morgan fingerprint density at radius 1 is 1.30 bits per heavy atom. The first kappa shape index (κ1) is 14.7. The minimum Gasteiger partial charge on any atom is -0.370 e. The number of nitrogens with zero attached hydrogens (tertiary/aromatic N) is 1. The van der Waals surface area contributed by atoms with Gasteiger partial charge in [-0.05, 0) is 24.1 Å². The van der Waals surface area contributed by atoms with E-state index in [0.717, 1.165) is 16.3 Å². The highest BCUT2D eigenvalue weighted by Crippen LogP contribution is 2.24. The molecule has 108 valence electrons. The molecule has 0 amide bonds. The van der Waals surface area contributed by atoms with Crippen molar-refractivity contribution in [2.75, 3.05) is 20.3 Å². The second kappa shape index (κ2) is 6.19. The van der Waals surface area contributed by atoms with E-state index in [9.17, 15) is 13.2 Å². The predicted octanol–water partition coefficient (Wildman–Crippen LogP) is 3.07. The molecule has 0 fully saturated rings. The monoisotopic (exact) mass is 284 g/mol. The van der Waals surface area contributed by atoms with Crippen LogP contribution in [0.15, 0.2) is 36.7 Å². The van der Waals surface area contributed by atoms with Gasteiger partial charge in [0, 0.05) is 17.8 Å². The van der Waals surface area contributed by atoms with Crippen LogP contribution in [0.1, 0.15) is 11.6 Å². The molecule has 1 unspecified atom stereocenters. The highest BCUT2D eigenvalue weighted by Gasteiger charge is 2.28. The average molecular weight is 284 g/mol.